The molecule has 0 bridgehead atoms. The summed E-state index contributed by atoms with van der Waals surface area (Å²) in [6.45, 7) is 1.25. The monoisotopic (exact) mass is 427 g/mol. The van der Waals surface area contributed by atoms with E-state index in [0.29, 0.717) is 18.5 Å². The van der Waals surface area contributed by atoms with Gasteiger partial charge < -0.3 is 10.0 Å². The van der Waals surface area contributed by atoms with Crippen molar-refractivity contribution in [3.63, 3.8) is 0 Å². The predicted molar refractivity (Wildman–Crippen MR) is 118 cm³/mol. The summed E-state index contributed by atoms with van der Waals surface area (Å²) in [7, 11) is 1.86. The van der Waals surface area contributed by atoms with Gasteiger partial charge in [-0.15, -0.1) is 0 Å². The second-order valence-corrected chi connectivity index (χ2v) is 8.04. The van der Waals surface area contributed by atoms with Gasteiger partial charge in [-0.05, 0) is 31.0 Å². The minimum atomic E-state index is -0.759. The van der Waals surface area contributed by atoms with E-state index in [-0.39, 0.29) is 5.92 Å². The highest BCUT2D eigenvalue weighted by molar-refractivity contribution is 5.87. The number of hydrogen-bond acceptors (Lipinski definition) is 6. The Morgan fingerprint density at radius 2 is 2.03 bits per heavy atom. The first-order valence-corrected chi connectivity index (χ1v) is 10.4. The lowest BCUT2D eigenvalue weighted by Gasteiger charge is -2.31. The van der Waals surface area contributed by atoms with Gasteiger partial charge in [0.25, 0.3) is 0 Å². The lowest BCUT2D eigenvalue weighted by molar-refractivity contribution is -0.141. The average Bonchev–Trinajstić information content (AvgIpc) is 3.44. The summed E-state index contributed by atoms with van der Waals surface area (Å²) in [6, 6.07) is 8.11. The molecular formula is C23H21N7O2. The zero-order valence-corrected chi connectivity index (χ0v) is 17.5. The van der Waals surface area contributed by atoms with Crippen LogP contribution in [0.25, 0.3) is 27.8 Å². The summed E-state index contributed by atoms with van der Waals surface area (Å²) >= 11 is 0. The minimum Gasteiger partial charge on any atom is -0.481 e. The summed E-state index contributed by atoms with van der Waals surface area (Å²) in [4.78, 5) is 18.0. The highest BCUT2D eigenvalue weighted by Gasteiger charge is 2.26. The van der Waals surface area contributed by atoms with Crippen LogP contribution < -0.4 is 4.90 Å². The van der Waals surface area contributed by atoms with Gasteiger partial charge >= 0.3 is 5.97 Å². The number of aromatic nitrogens is 5. The SMILES string of the molecule is Cn1cc(-c2cc(-c3ccc(N4CCC[C@H](C(=O)O)C4)nc3)c3c(C#N)cnn3c2)cn1. The summed E-state index contributed by atoms with van der Waals surface area (Å²) in [6.07, 6.45) is 10.5. The molecule has 9 heteroatoms. The number of pyridine rings is 2. The van der Waals surface area contributed by atoms with E-state index in [4.69, 9.17) is 0 Å². The quantitative estimate of drug-likeness (QED) is 0.533. The van der Waals surface area contributed by atoms with E-state index in [1.165, 1.54) is 0 Å². The molecule has 0 unspecified atom stereocenters. The molecule has 0 aromatic carbocycles. The fraction of sp³-hybridized carbons (Fsp3) is 0.261. The molecule has 5 rings (SSSR count). The van der Waals surface area contributed by atoms with Crippen LogP contribution in [0.5, 0.6) is 0 Å². The van der Waals surface area contributed by atoms with E-state index in [9.17, 15) is 15.2 Å². The van der Waals surface area contributed by atoms with Crippen LogP contribution in [-0.4, -0.2) is 48.5 Å². The van der Waals surface area contributed by atoms with Crippen LogP contribution in [0.4, 0.5) is 5.82 Å². The van der Waals surface area contributed by atoms with Gasteiger partial charge in [0, 0.05) is 61.0 Å². The lowest BCUT2D eigenvalue weighted by Crippen LogP contribution is -2.39. The van der Waals surface area contributed by atoms with E-state index in [1.807, 2.05) is 42.5 Å². The van der Waals surface area contributed by atoms with Crippen molar-refractivity contribution in [2.75, 3.05) is 18.0 Å². The van der Waals surface area contributed by atoms with Crippen molar-refractivity contribution in [2.24, 2.45) is 13.0 Å². The number of rotatable bonds is 4. The third-order valence-electron chi connectivity index (χ3n) is 5.92. The van der Waals surface area contributed by atoms with Crippen molar-refractivity contribution in [3.8, 4) is 28.3 Å². The number of aryl methyl sites for hydroxylation is 1. The number of carbonyl (C=O) groups is 1. The van der Waals surface area contributed by atoms with Crippen LogP contribution in [-0.2, 0) is 11.8 Å². The van der Waals surface area contributed by atoms with Crippen molar-refractivity contribution in [2.45, 2.75) is 12.8 Å². The average molecular weight is 427 g/mol. The van der Waals surface area contributed by atoms with Crippen LogP contribution >= 0.6 is 0 Å². The molecule has 1 N–H and O–H groups in total. The number of anilines is 1. The number of nitrogens with zero attached hydrogens (tertiary/aromatic N) is 7. The Morgan fingerprint density at radius 3 is 2.72 bits per heavy atom. The summed E-state index contributed by atoms with van der Waals surface area (Å²) in [5.41, 5.74) is 4.79. The summed E-state index contributed by atoms with van der Waals surface area (Å²) in [5, 5.41) is 27.6. The third kappa shape index (κ3) is 3.46. The Labute approximate surface area is 184 Å². The molecule has 1 saturated heterocycles. The molecule has 1 aliphatic rings. The zero-order chi connectivity index (χ0) is 22.2. The predicted octanol–water partition coefficient (Wildman–Crippen LogP) is 2.97. The molecule has 0 radical (unpaired) electrons. The van der Waals surface area contributed by atoms with Crippen molar-refractivity contribution in [1.82, 2.24) is 24.4 Å². The number of nitriles is 1. The Hall–Kier alpha value is -4.19. The van der Waals surface area contributed by atoms with Crippen molar-refractivity contribution in [1.29, 1.82) is 5.26 Å². The molecular weight excluding hydrogens is 406 g/mol. The minimum absolute atomic E-state index is 0.369. The number of hydrogen-bond donors (Lipinski definition) is 1. The number of aliphatic carboxylic acids is 1. The molecule has 160 valence electrons. The van der Waals surface area contributed by atoms with E-state index < -0.39 is 5.97 Å². The molecule has 0 spiro atoms. The van der Waals surface area contributed by atoms with E-state index in [1.54, 1.807) is 27.8 Å². The molecule has 0 amide bonds. The third-order valence-corrected chi connectivity index (χ3v) is 5.92. The second-order valence-electron chi connectivity index (χ2n) is 8.04. The van der Waals surface area contributed by atoms with E-state index in [0.717, 1.165) is 46.6 Å². The van der Waals surface area contributed by atoms with Gasteiger partial charge in [0.1, 0.15) is 11.9 Å². The van der Waals surface area contributed by atoms with Crippen molar-refractivity contribution < 1.29 is 9.90 Å². The fourth-order valence-corrected chi connectivity index (χ4v) is 4.27. The highest BCUT2D eigenvalue weighted by Crippen LogP contribution is 2.32. The molecule has 32 heavy (non-hydrogen) atoms. The Kier molecular flexibility index (Phi) is 4.82. The molecule has 1 aliphatic heterocycles. The topological polar surface area (TPSA) is 112 Å². The maximum absolute atomic E-state index is 11.4. The molecule has 9 nitrogen and oxygen atoms in total. The highest BCUT2D eigenvalue weighted by atomic mass is 16.4. The normalized spacial score (nSPS) is 16.2. The maximum atomic E-state index is 11.4. The number of fused-ring (bicyclic) bond motifs is 1. The lowest BCUT2D eigenvalue weighted by atomic mass is 9.98. The molecule has 0 aliphatic carbocycles. The van der Waals surface area contributed by atoms with Crippen LogP contribution in [0.1, 0.15) is 18.4 Å². The number of carboxylic acid groups (broad SMARTS) is 1. The molecule has 5 heterocycles. The first kappa shape index (κ1) is 19.8. The van der Waals surface area contributed by atoms with Crippen LogP contribution in [0.2, 0.25) is 0 Å². The van der Waals surface area contributed by atoms with Crippen molar-refractivity contribution in [3.05, 3.63) is 54.7 Å². The second kappa shape index (κ2) is 7.81. The number of piperidine rings is 1. The van der Waals surface area contributed by atoms with Gasteiger partial charge in [0.05, 0.1) is 29.4 Å². The van der Waals surface area contributed by atoms with Gasteiger partial charge in [-0.3, -0.25) is 9.48 Å². The van der Waals surface area contributed by atoms with E-state index >= 15 is 0 Å². The van der Waals surface area contributed by atoms with Crippen LogP contribution in [0.15, 0.2) is 49.2 Å². The fourth-order valence-electron chi connectivity index (χ4n) is 4.27. The van der Waals surface area contributed by atoms with Crippen LogP contribution in [0.3, 0.4) is 0 Å². The number of carboxylic acids is 1. The molecule has 0 saturated carbocycles. The van der Waals surface area contributed by atoms with Crippen molar-refractivity contribution >= 4 is 17.3 Å². The summed E-state index contributed by atoms with van der Waals surface area (Å²) in [5.74, 6) is -0.371. The largest absolute Gasteiger partial charge is 0.481 e. The van der Waals surface area contributed by atoms with Gasteiger partial charge in [-0.2, -0.15) is 15.5 Å². The molecule has 4 aromatic rings. The first-order chi connectivity index (χ1) is 15.5. The van der Waals surface area contributed by atoms with Gasteiger partial charge in [-0.1, -0.05) is 0 Å². The Morgan fingerprint density at radius 1 is 1.16 bits per heavy atom. The maximum Gasteiger partial charge on any atom is 0.308 e. The van der Waals surface area contributed by atoms with Crippen LogP contribution in [0, 0.1) is 17.2 Å². The van der Waals surface area contributed by atoms with Gasteiger partial charge in [0.2, 0.25) is 0 Å². The molecule has 1 fully saturated rings. The summed E-state index contributed by atoms with van der Waals surface area (Å²) < 4.78 is 3.45. The first-order valence-electron chi connectivity index (χ1n) is 10.4. The Balaban J connectivity index is 1.56. The Bertz CT molecular complexity index is 1350. The van der Waals surface area contributed by atoms with Gasteiger partial charge in [-0.25, -0.2) is 9.50 Å². The zero-order valence-electron chi connectivity index (χ0n) is 17.5. The standard InChI is InChI=1S/C23H21N7O2/c1-28-12-19(11-26-28)17-7-20(22-18(8-24)10-27-30(22)14-17)15-4-5-21(25-9-15)29-6-2-3-16(13-29)23(31)32/h4-5,7,9-12,14,16H,2-3,6,13H2,1H3,(H,31,32)/t16-/m0/s1. The van der Waals surface area contributed by atoms with Gasteiger partial charge in [0.15, 0.2) is 0 Å². The molecule has 1 atom stereocenters. The smallest absolute Gasteiger partial charge is 0.308 e. The van der Waals surface area contributed by atoms with E-state index in [2.05, 4.69) is 21.3 Å². The molecule has 4 aromatic heterocycles.